The van der Waals surface area contributed by atoms with Crippen molar-refractivity contribution in [2.75, 3.05) is 27.2 Å². The van der Waals surface area contributed by atoms with Gasteiger partial charge in [0.25, 0.3) is 0 Å². The van der Waals surface area contributed by atoms with Crippen molar-refractivity contribution in [3.63, 3.8) is 0 Å². The first-order chi connectivity index (χ1) is 11.0. The van der Waals surface area contributed by atoms with Gasteiger partial charge in [-0.15, -0.1) is 0 Å². The zero-order valence-electron chi connectivity index (χ0n) is 13.7. The fourth-order valence-corrected chi connectivity index (χ4v) is 2.67. The number of likely N-dealkylation sites (tertiary alicyclic amines) is 1. The Morgan fingerprint density at radius 1 is 1.35 bits per heavy atom. The first-order valence-electron chi connectivity index (χ1n) is 7.96. The van der Waals surface area contributed by atoms with Gasteiger partial charge in [0.05, 0.1) is 18.6 Å². The Morgan fingerprint density at radius 2 is 2.04 bits per heavy atom. The Balaban J connectivity index is 2.07. The van der Waals surface area contributed by atoms with Crippen LogP contribution in [0.5, 0.6) is 0 Å². The van der Waals surface area contributed by atoms with Gasteiger partial charge in [0.1, 0.15) is 0 Å². The molecule has 0 aliphatic carbocycles. The topological polar surface area (TPSA) is 72.9 Å². The molecule has 3 amide bonds. The SMILES string of the molecule is CN(C)C(=O)C[C@H](NC(=O)N1CCC[C@@H](O)C1)c1ccccc1. The van der Waals surface area contributed by atoms with E-state index in [4.69, 9.17) is 0 Å². The number of carbonyl (C=O) groups is 2. The van der Waals surface area contributed by atoms with E-state index in [1.54, 1.807) is 19.0 Å². The summed E-state index contributed by atoms with van der Waals surface area (Å²) >= 11 is 0. The summed E-state index contributed by atoms with van der Waals surface area (Å²) in [7, 11) is 3.40. The summed E-state index contributed by atoms with van der Waals surface area (Å²) in [6, 6.07) is 8.87. The number of aliphatic hydroxyl groups is 1. The third kappa shape index (κ3) is 4.96. The lowest BCUT2D eigenvalue weighted by Crippen LogP contribution is -2.48. The van der Waals surface area contributed by atoms with Crippen LogP contribution in [0.15, 0.2) is 30.3 Å². The lowest BCUT2D eigenvalue weighted by atomic mass is 10.0. The Bertz CT molecular complexity index is 533. The Hall–Kier alpha value is -2.08. The van der Waals surface area contributed by atoms with Gasteiger partial charge in [-0.3, -0.25) is 4.79 Å². The molecule has 0 saturated carbocycles. The van der Waals surface area contributed by atoms with Crippen molar-refractivity contribution in [2.45, 2.75) is 31.4 Å². The average molecular weight is 319 g/mol. The average Bonchev–Trinajstić information content (AvgIpc) is 2.54. The number of carbonyl (C=O) groups excluding carboxylic acids is 2. The second-order valence-electron chi connectivity index (χ2n) is 6.15. The van der Waals surface area contributed by atoms with Crippen molar-refractivity contribution < 1.29 is 14.7 Å². The number of rotatable bonds is 4. The minimum absolute atomic E-state index is 0.0437. The molecular weight excluding hydrogens is 294 g/mol. The van der Waals surface area contributed by atoms with Crippen LogP contribution in [0.4, 0.5) is 4.79 Å². The predicted molar refractivity (Wildman–Crippen MR) is 87.8 cm³/mol. The van der Waals surface area contributed by atoms with Crippen LogP contribution >= 0.6 is 0 Å². The van der Waals surface area contributed by atoms with Crippen molar-refractivity contribution >= 4 is 11.9 Å². The number of β-amino-alcohol motifs (C(OH)–C–C–N with tert-alkyl or cyclic N) is 1. The molecule has 1 saturated heterocycles. The van der Waals surface area contributed by atoms with E-state index in [1.165, 1.54) is 4.90 Å². The van der Waals surface area contributed by atoms with Crippen LogP contribution in [-0.4, -0.2) is 60.1 Å². The summed E-state index contributed by atoms with van der Waals surface area (Å²) in [5, 5.41) is 12.7. The maximum absolute atomic E-state index is 12.5. The van der Waals surface area contributed by atoms with E-state index in [-0.39, 0.29) is 24.4 Å². The molecule has 1 heterocycles. The number of aliphatic hydroxyl groups excluding tert-OH is 1. The summed E-state index contributed by atoms with van der Waals surface area (Å²) in [4.78, 5) is 27.7. The van der Waals surface area contributed by atoms with E-state index in [9.17, 15) is 14.7 Å². The first kappa shape index (κ1) is 17.3. The lowest BCUT2D eigenvalue weighted by molar-refractivity contribution is -0.129. The highest BCUT2D eigenvalue weighted by atomic mass is 16.3. The number of hydrogen-bond acceptors (Lipinski definition) is 3. The van der Waals surface area contributed by atoms with Crippen LogP contribution in [0, 0.1) is 0 Å². The number of piperidine rings is 1. The maximum Gasteiger partial charge on any atom is 0.317 e. The summed E-state index contributed by atoms with van der Waals surface area (Å²) in [6.07, 6.45) is 1.26. The van der Waals surface area contributed by atoms with Crippen molar-refractivity contribution in [3.05, 3.63) is 35.9 Å². The molecule has 23 heavy (non-hydrogen) atoms. The number of nitrogens with one attached hydrogen (secondary N) is 1. The summed E-state index contributed by atoms with van der Waals surface area (Å²) in [6.45, 7) is 0.973. The van der Waals surface area contributed by atoms with Gasteiger partial charge in [0, 0.05) is 27.2 Å². The van der Waals surface area contributed by atoms with Gasteiger partial charge in [-0.2, -0.15) is 0 Å². The monoisotopic (exact) mass is 319 g/mol. The molecular formula is C17H25N3O3. The highest BCUT2D eigenvalue weighted by Crippen LogP contribution is 2.19. The van der Waals surface area contributed by atoms with E-state index >= 15 is 0 Å². The van der Waals surface area contributed by atoms with Crippen LogP contribution in [0.25, 0.3) is 0 Å². The molecule has 6 nitrogen and oxygen atoms in total. The van der Waals surface area contributed by atoms with E-state index in [0.717, 1.165) is 18.4 Å². The number of urea groups is 1. The number of hydrogen-bond donors (Lipinski definition) is 2. The molecule has 2 N–H and O–H groups in total. The molecule has 1 aromatic rings. The van der Waals surface area contributed by atoms with Crippen molar-refractivity contribution in [3.8, 4) is 0 Å². The summed E-state index contributed by atoms with van der Waals surface area (Å²) in [5.74, 6) is -0.0437. The van der Waals surface area contributed by atoms with Crippen molar-refractivity contribution in [1.29, 1.82) is 0 Å². The third-order valence-electron chi connectivity index (χ3n) is 4.06. The first-order valence-corrected chi connectivity index (χ1v) is 7.96. The summed E-state index contributed by atoms with van der Waals surface area (Å²) < 4.78 is 0. The van der Waals surface area contributed by atoms with Gasteiger partial charge in [0.2, 0.25) is 5.91 Å². The number of benzene rings is 1. The van der Waals surface area contributed by atoms with Crippen LogP contribution in [0.1, 0.15) is 30.9 Å². The molecule has 0 spiro atoms. The lowest BCUT2D eigenvalue weighted by Gasteiger charge is -2.32. The Kier molecular flexibility index (Phi) is 5.98. The van der Waals surface area contributed by atoms with Crippen LogP contribution < -0.4 is 5.32 Å². The highest BCUT2D eigenvalue weighted by molar-refractivity contribution is 5.79. The molecule has 0 unspecified atom stereocenters. The van der Waals surface area contributed by atoms with Gasteiger partial charge in [-0.25, -0.2) is 4.79 Å². The van der Waals surface area contributed by atoms with E-state index in [1.807, 2.05) is 30.3 Å². The van der Waals surface area contributed by atoms with Crippen molar-refractivity contribution in [2.24, 2.45) is 0 Å². The molecule has 1 aromatic carbocycles. The number of nitrogens with zero attached hydrogens (tertiary/aromatic N) is 2. The van der Waals surface area contributed by atoms with Crippen LogP contribution in [0.2, 0.25) is 0 Å². The second kappa shape index (κ2) is 7.97. The molecule has 0 radical (unpaired) electrons. The Morgan fingerprint density at radius 3 is 2.65 bits per heavy atom. The van der Waals surface area contributed by atoms with Crippen LogP contribution in [-0.2, 0) is 4.79 Å². The molecule has 1 aliphatic rings. The van der Waals surface area contributed by atoms with Crippen LogP contribution in [0.3, 0.4) is 0 Å². The Labute approximate surface area is 137 Å². The molecule has 2 atom stereocenters. The van der Waals surface area contributed by atoms with E-state index < -0.39 is 6.10 Å². The van der Waals surface area contributed by atoms with Gasteiger partial charge in [-0.1, -0.05) is 30.3 Å². The van der Waals surface area contributed by atoms with Gasteiger partial charge < -0.3 is 20.2 Å². The number of amides is 3. The van der Waals surface area contributed by atoms with E-state index in [2.05, 4.69) is 5.32 Å². The largest absolute Gasteiger partial charge is 0.391 e. The molecule has 0 bridgehead atoms. The molecule has 0 aromatic heterocycles. The maximum atomic E-state index is 12.5. The fourth-order valence-electron chi connectivity index (χ4n) is 2.67. The molecule has 1 fully saturated rings. The smallest absolute Gasteiger partial charge is 0.317 e. The fraction of sp³-hybridized carbons (Fsp3) is 0.529. The van der Waals surface area contributed by atoms with E-state index in [0.29, 0.717) is 13.1 Å². The quantitative estimate of drug-likeness (QED) is 0.880. The summed E-state index contributed by atoms with van der Waals surface area (Å²) in [5.41, 5.74) is 0.897. The minimum atomic E-state index is -0.465. The third-order valence-corrected chi connectivity index (χ3v) is 4.06. The molecule has 1 aliphatic heterocycles. The van der Waals surface area contributed by atoms with Gasteiger partial charge in [-0.05, 0) is 18.4 Å². The molecule has 126 valence electrons. The van der Waals surface area contributed by atoms with Gasteiger partial charge >= 0.3 is 6.03 Å². The normalized spacial score (nSPS) is 19.1. The van der Waals surface area contributed by atoms with Crippen molar-refractivity contribution in [1.82, 2.24) is 15.1 Å². The second-order valence-corrected chi connectivity index (χ2v) is 6.15. The molecule has 2 rings (SSSR count). The minimum Gasteiger partial charge on any atom is -0.391 e. The zero-order valence-corrected chi connectivity index (χ0v) is 13.7. The molecule has 6 heteroatoms. The predicted octanol–water partition coefficient (Wildman–Crippen LogP) is 1.37. The standard InChI is InChI=1S/C17H25N3O3/c1-19(2)16(22)11-15(13-7-4-3-5-8-13)18-17(23)20-10-6-9-14(21)12-20/h3-5,7-8,14-15,21H,6,9-12H2,1-2H3,(H,18,23)/t14-,15+/m1/s1. The van der Waals surface area contributed by atoms with Gasteiger partial charge in [0.15, 0.2) is 0 Å². The zero-order chi connectivity index (χ0) is 16.8. The highest BCUT2D eigenvalue weighted by Gasteiger charge is 2.25.